The quantitative estimate of drug-likeness (QED) is 0.848. The number of halogens is 1. The third kappa shape index (κ3) is 5.09. The largest absolute Gasteiger partial charge is 0.480 e. The highest BCUT2D eigenvalue weighted by Gasteiger charge is 2.19. The second-order valence-electron chi connectivity index (χ2n) is 4.66. The lowest BCUT2D eigenvalue weighted by molar-refractivity contribution is -0.135. The summed E-state index contributed by atoms with van der Waals surface area (Å²) >= 11 is 5.87. The van der Waals surface area contributed by atoms with E-state index in [1.807, 2.05) is 13.8 Å². The van der Waals surface area contributed by atoms with Crippen LogP contribution >= 0.6 is 11.6 Å². The van der Waals surface area contributed by atoms with Crippen molar-refractivity contribution >= 4 is 29.3 Å². The van der Waals surface area contributed by atoms with Crippen LogP contribution in [0.5, 0.6) is 0 Å². The summed E-state index contributed by atoms with van der Waals surface area (Å²) in [6.45, 7) is 4.14. The van der Waals surface area contributed by atoms with E-state index in [4.69, 9.17) is 16.7 Å². The Bertz CT molecular complexity index is 479. The number of anilines is 1. The van der Waals surface area contributed by atoms with Crippen molar-refractivity contribution in [2.75, 3.05) is 18.0 Å². The van der Waals surface area contributed by atoms with Crippen LogP contribution in [-0.2, 0) is 4.79 Å². The van der Waals surface area contributed by atoms with Crippen molar-refractivity contribution in [1.29, 1.82) is 0 Å². The molecule has 0 aliphatic heterocycles. The van der Waals surface area contributed by atoms with Crippen LogP contribution < -0.4 is 10.2 Å². The van der Waals surface area contributed by atoms with E-state index in [1.54, 1.807) is 24.3 Å². The van der Waals surface area contributed by atoms with Crippen molar-refractivity contribution < 1.29 is 14.7 Å². The normalized spacial score (nSPS) is 11.8. The van der Waals surface area contributed by atoms with E-state index in [0.717, 1.165) is 11.3 Å². The first-order valence-corrected chi connectivity index (χ1v) is 6.84. The zero-order valence-electron chi connectivity index (χ0n) is 11.6. The average molecular weight is 299 g/mol. The number of urea groups is 1. The summed E-state index contributed by atoms with van der Waals surface area (Å²) in [6.07, 6.45) is 0.941. The van der Waals surface area contributed by atoms with Gasteiger partial charge < -0.3 is 10.4 Å². The SMILES string of the molecule is CCC(C)CNC(=O)N(CC(=O)O)c1cccc(Cl)c1. The molecule has 0 saturated heterocycles. The number of benzene rings is 1. The molecule has 0 bridgehead atoms. The van der Waals surface area contributed by atoms with Gasteiger partial charge in [0.25, 0.3) is 0 Å². The lowest BCUT2D eigenvalue weighted by Crippen LogP contribution is -2.44. The Morgan fingerprint density at radius 3 is 2.70 bits per heavy atom. The van der Waals surface area contributed by atoms with E-state index >= 15 is 0 Å². The van der Waals surface area contributed by atoms with Gasteiger partial charge in [0.05, 0.1) is 0 Å². The van der Waals surface area contributed by atoms with Crippen LogP contribution in [0.15, 0.2) is 24.3 Å². The number of nitrogens with one attached hydrogen (secondary N) is 1. The number of carboxylic acid groups (broad SMARTS) is 1. The Morgan fingerprint density at radius 1 is 1.45 bits per heavy atom. The van der Waals surface area contributed by atoms with Crippen LogP contribution in [0.4, 0.5) is 10.5 Å². The first-order chi connectivity index (χ1) is 9.43. The second kappa shape index (κ2) is 7.75. The summed E-state index contributed by atoms with van der Waals surface area (Å²) in [6, 6.07) is 6.12. The van der Waals surface area contributed by atoms with Crippen LogP contribution in [0.1, 0.15) is 20.3 Å². The predicted octanol–water partition coefficient (Wildman–Crippen LogP) is 2.99. The third-order valence-electron chi connectivity index (χ3n) is 2.96. The number of aliphatic carboxylic acids is 1. The van der Waals surface area contributed by atoms with Crippen molar-refractivity contribution in [2.24, 2.45) is 5.92 Å². The van der Waals surface area contributed by atoms with Crippen LogP contribution in [-0.4, -0.2) is 30.2 Å². The molecule has 0 saturated carbocycles. The van der Waals surface area contributed by atoms with Crippen molar-refractivity contribution in [2.45, 2.75) is 20.3 Å². The van der Waals surface area contributed by atoms with Gasteiger partial charge in [0, 0.05) is 17.3 Å². The van der Waals surface area contributed by atoms with Crippen LogP contribution in [0.2, 0.25) is 5.02 Å². The van der Waals surface area contributed by atoms with Crippen molar-refractivity contribution in [3.63, 3.8) is 0 Å². The van der Waals surface area contributed by atoms with E-state index in [9.17, 15) is 9.59 Å². The lowest BCUT2D eigenvalue weighted by atomic mass is 10.1. The number of hydrogen-bond donors (Lipinski definition) is 2. The van der Waals surface area contributed by atoms with Gasteiger partial charge in [0.2, 0.25) is 0 Å². The maximum absolute atomic E-state index is 12.1. The molecule has 1 aromatic rings. The van der Waals surface area contributed by atoms with E-state index in [1.165, 1.54) is 0 Å². The number of carboxylic acids is 1. The summed E-state index contributed by atoms with van der Waals surface area (Å²) in [5, 5.41) is 12.1. The van der Waals surface area contributed by atoms with Gasteiger partial charge in [-0.2, -0.15) is 0 Å². The highest BCUT2D eigenvalue weighted by molar-refractivity contribution is 6.30. The van der Waals surface area contributed by atoms with E-state index in [0.29, 0.717) is 23.2 Å². The van der Waals surface area contributed by atoms with Crippen LogP contribution in [0.3, 0.4) is 0 Å². The molecule has 1 atom stereocenters. The molecule has 5 nitrogen and oxygen atoms in total. The van der Waals surface area contributed by atoms with E-state index in [-0.39, 0.29) is 0 Å². The molecule has 0 spiro atoms. The number of carbonyl (C=O) groups is 2. The van der Waals surface area contributed by atoms with Crippen molar-refractivity contribution in [3.8, 4) is 0 Å². The van der Waals surface area contributed by atoms with Crippen LogP contribution in [0, 0.1) is 5.92 Å². The summed E-state index contributed by atoms with van der Waals surface area (Å²) in [7, 11) is 0. The molecule has 2 amide bonds. The zero-order chi connectivity index (χ0) is 15.1. The first-order valence-electron chi connectivity index (χ1n) is 6.46. The molecule has 1 unspecified atom stereocenters. The fraction of sp³-hybridized carbons (Fsp3) is 0.429. The number of hydrogen-bond acceptors (Lipinski definition) is 2. The number of carbonyl (C=O) groups excluding carboxylic acids is 1. The molecular weight excluding hydrogens is 280 g/mol. The fourth-order valence-electron chi connectivity index (χ4n) is 1.56. The first kappa shape index (κ1) is 16.3. The molecular formula is C14H19ClN2O3. The molecule has 6 heteroatoms. The molecule has 0 aromatic heterocycles. The van der Waals surface area contributed by atoms with Gasteiger partial charge >= 0.3 is 12.0 Å². The van der Waals surface area contributed by atoms with Gasteiger partial charge in [-0.05, 0) is 24.1 Å². The minimum atomic E-state index is -1.08. The Morgan fingerprint density at radius 2 is 2.15 bits per heavy atom. The Labute approximate surface area is 123 Å². The van der Waals surface area contributed by atoms with Crippen LogP contribution in [0.25, 0.3) is 0 Å². The smallest absolute Gasteiger partial charge is 0.323 e. The summed E-state index contributed by atoms with van der Waals surface area (Å²) in [5.41, 5.74) is 0.460. The molecule has 1 rings (SSSR count). The maximum atomic E-state index is 12.1. The average Bonchev–Trinajstić information content (AvgIpc) is 2.41. The van der Waals surface area contributed by atoms with Gasteiger partial charge in [0.15, 0.2) is 0 Å². The molecule has 0 aliphatic carbocycles. The Balaban J connectivity index is 2.83. The molecule has 0 fully saturated rings. The highest BCUT2D eigenvalue weighted by Crippen LogP contribution is 2.19. The Kier molecular flexibility index (Phi) is 6.31. The third-order valence-corrected chi connectivity index (χ3v) is 3.19. The van der Waals surface area contributed by atoms with E-state index in [2.05, 4.69) is 5.32 Å². The summed E-state index contributed by atoms with van der Waals surface area (Å²) in [4.78, 5) is 24.2. The van der Waals surface area contributed by atoms with E-state index < -0.39 is 18.5 Å². The van der Waals surface area contributed by atoms with Gasteiger partial charge in [-0.3, -0.25) is 9.69 Å². The van der Waals surface area contributed by atoms with Gasteiger partial charge in [-0.1, -0.05) is 37.9 Å². The molecule has 20 heavy (non-hydrogen) atoms. The number of amides is 2. The second-order valence-corrected chi connectivity index (χ2v) is 5.10. The fourth-order valence-corrected chi connectivity index (χ4v) is 1.75. The monoisotopic (exact) mass is 298 g/mol. The number of rotatable bonds is 6. The summed E-state index contributed by atoms with van der Waals surface area (Å²) in [5.74, 6) is -0.742. The minimum Gasteiger partial charge on any atom is -0.480 e. The van der Waals surface area contributed by atoms with Gasteiger partial charge in [0.1, 0.15) is 6.54 Å². The highest BCUT2D eigenvalue weighted by atomic mass is 35.5. The molecule has 0 radical (unpaired) electrons. The minimum absolute atomic E-state index is 0.338. The maximum Gasteiger partial charge on any atom is 0.323 e. The van der Waals surface area contributed by atoms with Crippen molar-refractivity contribution in [3.05, 3.63) is 29.3 Å². The summed E-state index contributed by atoms with van der Waals surface area (Å²) < 4.78 is 0. The van der Waals surface area contributed by atoms with Crippen molar-refractivity contribution in [1.82, 2.24) is 5.32 Å². The van der Waals surface area contributed by atoms with Gasteiger partial charge in [-0.25, -0.2) is 4.79 Å². The predicted molar refractivity (Wildman–Crippen MR) is 79.3 cm³/mol. The lowest BCUT2D eigenvalue weighted by Gasteiger charge is -2.22. The topological polar surface area (TPSA) is 69.6 Å². The standard InChI is InChI=1S/C14H19ClN2O3/c1-3-10(2)8-16-14(20)17(9-13(18)19)12-6-4-5-11(15)7-12/h4-7,10H,3,8-9H2,1-2H3,(H,16,20)(H,18,19). The zero-order valence-corrected chi connectivity index (χ0v) is 12.4. The van der Waals surface area contributed by atoms with Gasteiger partial charge in [-0.15, -0.1) is 0 Å². The number of nitrogens with zero attached hydrogens (tertiary/aromatic N) is 1. The Hall–Kier alpha value is -1.75. The molecule has 0 heterocycles. The molecule has 1 aromatic carbocycles. The molecule has 110 valence electrons. The molecule has 0 aliphatic rings. The molecule has 2 N–H and O–H groups in total.